The quantitative estimate of drug-likeness (QED) is 0.113. The SMILES string of the molecule is C=CCCC(C)C[C@@H](C)C(CC(=O)OC(C)(C)C)C(=O)N1C[C@H](Oc2ncc(OCC)c3ccccc23)C[C@H]1C(=O)C[C@]1(C(=O)NS(=O)(=O)C2CC2)C[C@H]1C=C. The van der Waals surface area contributed by atoms with E-state index in [0.717, 1.165) is 18.2 Å². The summed E-state index contributed by atoms with van der Waals surface area (Å²) in [4.78, 5) is 62.6. The van der Waals surface area contributed by atoms with Gasteiger partial charge in [0.05, 0.1) is 48.4 Å². The van der Waals surface area contributed by atoms with Gasteiger partial charge < -0.3 is 19.1 Å². The van der Waals surface area contributed by atoms with E-state index in [1.54, 1.807) is 33.0 Å². The van der Waals surface area contributed by atoms with Crippen molar-refractivity contribution >= 4 is 44.4 Å². The molecule has 5 rings (SSSR count). The lowest BCUT2D eigenvalue weighted by molar-refractivity contribution is -0.160. The van der Waals surface area contributed by atoms with E-state index in [1.165, 1.54) is 4.90 Å². The third-order valence-corrected chi connectivity index (χ3v) is 13.0. The number of hydrogen-bond acceptors (Lipinski definition) is 10. The van der Waals surface area contributed by atoms with Crippen molar-refractivity contribution in [2.45, 2.75) is 122 Å². The Morgan fingerprint density at radius 3 is 2.41 bits per heavy atom. The van der Waals surface area contributed by atoms with Gasteiger partial charge >= 0.3 is 5.97 Å². The number of ether oxygens (including phenoxy) is 3. The van der Waals surface area contributed by atoms with E-state index in [2.05, 4.69) is 29.8 Å². The van der Waals surface area contributed by atoms with Crippen molar-refractivity contribution in [3.05, 3.63) is 55.8 Å². The van der Waals surface area contributed by atoms with Gasteiger partial charge in [-0.15, -0.1) is 13.2 Å². The summed E-state index contributed by atoms with van der Waals surface area (Å²) in [5.74, 6) is -2.31. The molecule has 0 radical (unpaired) electrons. The number of pyridine rings is 1. The molecule has 56 heavy (non-hydrogen) atoms. The summed E-state index contributed by atoms with van der Waals surface area (Å²) in [5, 5.41) is 0.889. The van der Waals surface area contributed by atoms with E-state index in [9.17, 15) is 27.6 Å². The number of esters is 1. The van der Waals surface area contributed by atoms with Gasteiger partial charge in [0.15, 0.2) is 5.78 Å². The zero-order chi connectivity index (χ0) is 41.0. The van der Waals surface area contributed by atoms with E-state index >= 15 is 0 Å². The van der Waals surface area contributed by atoms with Gasteiger partial charge in [-0.2, -0.15) is 0 Å². The maximum Gasteiger partial charge on any atom is 0.307 e. The predicted molar refractivity (Wildman–Crippen MR) is 214 cm³/mol. The van der Waals surface area contributed by atoms with Gasteiger partial charge in [0.25, 0.3) is 0 Å². The summed E-state index contributed by atoms with van der Waals surface area (Å²) in [6, 6.07) is 6.52. The van der Waals surface area contributed by atoms with Gasteiger partial charge in [-0.25, -0.2) is 13.4 Å². The van der Waals surface area contributed by atoms with Gasteiger partial charge in [0, 0.05) is 23.6 Å². The molecule has 2 saturated carbocycles. The zero-order valence-electron chi connectivity index (χ0n) is 33.8. The van der Waals surface area contributed by atoms with E-state index in [0.29, 0.717) is 42.9 Å². The van der Waals surface area contributed by atoms with Crippen molar-refractivity contribution in [1.82, 2.24) is 14.6 Å². The Bertz CT molecular complexity index is 1920. The fourth-order valence-electron chi connectivity index (χ4n) is 8.03. The van der Waals surface area contributed by atoms with Gasteiger partial charge in [-0.05, 0) is 90.0 Å². The van der Waals surface area contributed by atoms with Crippen LogP contribution in [0.4, 0.5) is 0 Å². The number of carbonyl (C=O) groups excluding carboxylic acids is 4. The molecule has 12 nitrogen and oxygen atoms in total. The highest BCUT2D eigenvalue weighted by Gasteiger charge is 2.61. The topological polar surface area (TPSA) is 158 Å². The second-order valence-corrected chi connectivity index (χ2v) is 19.0. The van der Waals surface area contributed by atoms with Crippen LogP contribution in [0, 0.1) is 29.1 Å². The van der Waals surface area contributed by atoms with E-state index in [-0.39, 0.29) is 55.8 Å². The number of Topliss-reactive ketones (excluding diaryl/α,β-unsaturated/α-hetero) is 1. The normalized spacial score (nSPS) is 23.8. The highest BCUT2D eigenvalue weighted by molar-refractivity contribution is 7.90. The van der Waals surface area contributed by atoms with Crippen molar-refractivity contribution in [2.75, 3.05) is 13.2 Å². The highest BCUT2D eigenvalue weighted by atomic mass is 32.2. The number of allylic oxidation sites excluding steroid dienone is 2. The maximum absolute atomic E-state index is 14.9. The van der Waals surface area contributed by atoms with Crippen molar-refractivity contribution in [3.63, 3.8) is 0 Å². The summed E-state index contributed by atoms with van der Waals surface area (Å²) in [6.07, 6.45) is 7.57. The number of ketones is 1. The first-order valence-corrected chi connectivity index (χ1v) is 21.5. The summed E-state index contributed by atoms with van der Waals surface area (Å²) in [7, 11) is -3.86. The third-order valence-electron chi connectivity index (χ3n) is 11.2. The Hall–Kier alpha value is -4.26. The second-order valence-electron chi connectivity index (χ2n) is 17.0. The molecule has 2 amide bonds. The number of fused-ring (bicyclic) bond motifs is 1. The number of rotatable bonds is 20. The molecule has 2 aromatic rings. The lowest BCUT2D eigenvalue weighted by atomic mass is 9.82. The smallest absolute Gasteiger partial charge is 0.307 e. The van der Waals surface area contributed by atoms with Crippen molar-refractivity contribution < 1.29 is 41.8 Å². The van der Waals surface area contributed by atoms with Crippen LogP contribution in [0.5, 0.6) is 11.6 Å². The molecule has 1 saturated heterocycles. The molecule has 0 spiro atoms. The summed E-state index contributed by atoms with van der Waals surface area (Å²) in [5.41, 5.74) is -2.07. The van der Waals surface area contributed by atoms with Crippen molar-refractivity contribution in [3.8, 4) is 11.6 Å². The molecule has 2 unspecified atom stereocenters. The molecule has 306 valence electrons. The number of sulfonamides is 1. The number of nitrogens with zero attached hydrogens (tertiary/aromatic N) is 2. The van der Waals surface area contributed by atoms with Gasteiger partial charge in [-0.1, -0.05) is 44.2 Å². The first kappa shape index (κ1) is 42.9. The molecule has 3 fully saturated rings. The Morgan fingerprint density at radius 1 is 1.11 bits per heavy atom. The zero-order valence-corrected chi connectivity index (χ0v) is 34.6. The number of hydrogen-bond donors (Lipinski definition) is 1. The number of aromatic nitrogens is 1. The maximum atomic E-state index is 14.9. The standard InChI is InChI=1S/C43H59N3O9S/c1-9-12-15-27(4)20-28(5)34(22-38(48)55-42(6,7)8)40(49)46-26-30(54-39-33-17-14-13-16-32(33)37(25-44-39)53-11-3)21-35(46)36(47)24-43(23-29(43)10-2)41(50)45-56(51,52)31-18-19-31/h9-10,13-14,16-17,25,27-31,34-35H,1-2,11-12,15,18-24,26H2,3-8H3,(H,45,50)/t27?,28-,29-,30-,34?,35+,43-/m1/s1. The molecule has 1 aromatic heterocycles. The predicted octanol–water partition coefficient (Wildman–Crippen LogP) is 6.72. The fraction of sp³-hybridized carbons (Fsp3) is 0.605. The number of benzene rings is 1. The average Bonchev–Trinajstić information content (AvgIpc) is 4.06. The van der Waals surface area contributed by atoms with Crippen LogP contribution in [-0.4, -0.2) is 78.0 Å². The van der Waals surface area contributed by atoms with Crippen LogP contribution in [0.15, 0.2) is 55.8 Å². The highest BCUT2D eigenvalue weighted by Crippen LogP contribution is 2.57. The molecule has 2 aliphatic carbocycles. The molecule has 0 bridgehead atoms. The van der Waals surface area contributed by atoms with Crippen LogP contribution < -0.4 is 14.2 Å². The first-order valence-electron chi connectivity index (χ1n) is 19.9. The van der Waals surface area contributed by atoms with Crippen LogP contribution in [0.1, 0.15) is 99.3 Å². The fourth-order valence-corrected chi connectivity index (χ4v) is 9.41. The number of likely N-dealkylation sites (tertiary alicyclic amines) is 1. The van der Waals surface area contributed by atoms with Gasteiger partial charge in [-0.3, -0.25) is 23.9 Å². The molecule has 1 aromatic carbocycles. The third kappa shape index (κ3) is 10.2. The first-order chi connectivity index (χ1) is 26.4. The summed E-state index contributed by atoms with van der Waals surface area (Å²) in [6.45, 7) is 19.4. The molecule has 3 aliphatic rings. The Morgan fingerprint density at radius 2 is 1.80 bits per heavy atom. The van der Waals surface area contributed by atoms with Crippen molar-refractivity contribution in [1.29, 1.82) is 0 Å². The van der Waals surface area contributed by atoms with Crippen molar-refractivity contribution in [2.24, 2.45) is 29.1 Å². The lowest BCUT2D eigenvalue weighted by Crippen LogP contribution is -2.47. The molecule has 2 heterocycles. The largest absolute Gasteiger partial charge is 0.492 e. The molecular weight excluding hydrogens is 735 g/mol. The van der Waals surface area contributed by atoms with Crippen LogP contribution in [0.25, 0.3) is 10.8 Å². The monoisotopic (exact) mass is 793 g/mol. The van der Waals surface area contributed by atoms with Crippen LogP contribution in [-0.2, 0) is 33.9 Å². The van der Waals surface area contributed by atoms with E-state index in [1.807, 2.05) is 44.2 Å². The molecule has 13 heteroatoms. The summed E-state index contributed by atoms with van der Waals surface area (Å²) < 4.78 is 45.9. The van der Waals surface area contributed by atoms with E-state index < -0.39 is 62.1 Å². The molecule has 7 atom stereocenters. The molecule has 1 aliphatic heterocycles. The second kappa shape index (κ2) is 17.5. The molecule has 1 N–H and O–H groups in total. The Balaban J connectivity index is 1.47. The Kier molecular flexibility index (Phi) is 13.4. The van der Waals surface area contributed by atoms with Crippen LogP contribution in [0.3, 0.4) is 0 Å². The number of carbonyl (C=O) groups is 4. The van der Waals surface area contributed by atoms with Gasteiger partial charge in [0.1, 0.15) is 17.5 Å². The minimum Gasteiger partial charge on any atom is -0.492 e. The van der Waals surface area contributed by atoms with Gasteiger partial charge in [0.2, 0.25) is 27.7 Å². The minimum atomic E-state index is -3.86. The number of nitrogens with one attached hydrogen (secondary N) is 1. The van der Waals surface area contributed by atoms with E-state index in [4.69, 9.17) is 14.2 Å². The average molecular weight is 794 g/mol. The minimum absolute atomic E-state index is 0.0299. The summed E-state index contributed by atoms with van der Waals surface area (Å²) >= 11 is 0. The molecular formula is C43H59N3O9S. The Labute approximate surface area is 331 Å². The van der Waals surface area contributed by atoms with Crippen LogP contribution in [0.2, 0.25) is 0 Å². The lowest BCUT2D eigenvalue weighted by Gasteiger charge is -2.32. The number of amides is 2. The van der Waals surface area contributed by atoms with Crippen LogP contribution >= 0.6 is 0 Å².